The summed E-state index contributed by atoms with van der Waals surface area (Å²) in [5, 5.41) is 9.32. The minimum atomic E-state index is -0.854. The number of unbranched alkanes of at least 4 members (excludes halogenated alkanes) is 4. The van der Waals surface area contributed by atoms with E-state index in [1.807, 2.05) is 0 Å². The maximum atomic E-state index is 12.5. The number of carboxylic acid groups (broad SMARTS) is 1. The number of esters is 1. The van der Waals surface area contributed by atoms with Crippen molar-refractivity contribution in [2.75, 3.05) is 0 Å². The molecular weight excluding hydrogens is 292 g/mol. The van der Waals surface area contributed by atoms with Crippen LogP contribution in [-0.2, 0) is 14.3 Å². The lowest BCUT2D eigenvalue weighted by atomic mass is 9.79. The molecule has 0 amide bonds. The van der Waals surface area contributed by atoms with Gasteiger partial charge in [-0.3, -0.25) is 9.59 Å². The van der Waals surface area contributed by atoms with E-state index >= 15 is 0 Å². The molecule has 1 aliphatic rings. The molecule has 1 fully saturated rings. The predicted octanol–water partition coefficient (Wildman–Crippen LogP) is 4.81. The number of carbonyl (C=O) groups is 2. The van der Waals surface area contributed by atoms with Gasteiger partial charge in [-0.25, -0.2) is 0 Å². The molecule has 0 aromatic carbocycles. The molecule has 1 aliphatic carbocycles. The molecule has 0 aromatic heterocycles. The summed E-state index contributed by atoms with van der Waals surface area (Å²) in [5.41, 5.74) is 0. The van der Waals surface area contributed by atoms with E-state index in [0.29, 0.717) is 12.8 Å². The summed E-state index contributed by atoms with van der Waals surface area (Å²) in [6.07, 6.45) is 9.83. The minimum Gasteiger partial charge on any atom is -0.481 e. The van der Waals surface area contributed by atoms with Crippen LogP contribution in [0.3, 0.4) is 0 Å². The van der Waals surface area contributed by atoms with Crippen LogP contribution in [0.15, 0.2) is 0 Å². The van der Waals surface area contributed by atoms with Crippen molar-refractivity contribution in [3.05, 3.63) is 0 Å². The van der Waals surface area contributed by atoms with E-state index in [1.54, 1.807) is 0 Å². The normalized spacial score (nSPS) is 22.8. The second-order valence-corrected chi connectivity index (χ2v) is 7.26. The molecule has 0 bridgehead atoms. The summed E-state index contributed by atoms with van der Waals surface area (Å²) in [4.78, 5) is 23.8. The van der Waals surface area contributed by atoms with Crippen molar-refractivity contribution < 1.29 is 19.4 Å². The molecule has 134 valence electrons. The fourth-order valence-electron chi connectivity index (χ4n) is 3.42. The highest BCUT2D eigenvalue weighted by atomic mass is 16.5. The molecule has 0 saturated heterocycles. The van der Waals surface area contributed by atoms with Crippen LogP contribution >= 0.6 is 0 Å². The van der Waals surface area contributed by atoms with Gasteiger partial charge in [-0.2, -0.15) is 0 Å². The Morgan fingerprint density at radius 3 is 2.22 bits per heavy atom. The van der Waals surface area contributed by atoms with Gasteiger partial charge in [-0.15, -0.1) is 0 Å². The monoisotopic (exact) mass is 326 g/mol. The third kappa shape index (κ3) is 6.92. The first-order valence-electron chi connectivity index (χ1n) is 9.40. The zero-order valence-electron chi connectivity index (χ0n) is 15.1. The van der Waals surface area contributed by atoms with Crippen LogP contribution in [0.2, 0.25) is 0 Å². The van der Waals surface area contributed by atoms with Crippen molar-refractivity contribution in [1.82, 2.24) is 0 Å². The SMILES string of the molecule is CCCCCCCC(OC(=O)C1CCCCC1C(=O)O)C(C)C. The van der Waals surface area contributed by atoms with Crippen molar-refractivity contribution >= 4 is 11.9 Å². The number of rotatable bonds is 10. The Labute approximate surface area is 141 Å². The summed E-state index contributed by atoms with van der Waals surface area (Å²) in [7, 11) is 0. The topological polar surface area (TPSA) is 63.6 Å². The Balaban J connectivity index is 2.50. The van der Waals surface area contributed by atoms with E-state index in [4.69, 9.17) is 4.74 Å². The summed E-state index contributed by atoms with van der Waals surface area (Å²) in [6, 6.07) is 0. The fourth-order valence-corrected chi connectivity index (χ4v) is 3.42. The molecule has 23 heavy (non-hydrogen) atoms. The van der Waals surface area contributed by atoms with Gasteiger partial charge < -0.3 is 9.84 Å². The lowest BCUT2D eigenvalue weighted by molar-refractivity contribution is -0.165. The van der Waals surface area contributed by atoms with Crippen molar-refractivity contribution in [1.29, 1.82) is 0 Å². The molecule has 3 atom stereocenters. The average molecular weight is 326 g/mol. The van der Waals surface area contributed by atoms with Crippen molar-refractivity contribution in [2.24, 2.45) is 17.8 Å². The molecule has 1 N–H and O–H groups in total. The maximum Gasteiger partial charge on any atom is 0.310 e. The Bertz CT molecular complexity index is 364. The molecule has 4 heteroatoms. The summed E-state index contributed by atoms with van der Waals surface area (Å²) >= 11 is 0. The molecule has 0 aromatic rings. The summed E-state index contributed by atoms with van der Waals surface area (Å²) < 4.78 is 5.74. The lowest BCUT2D eigenvalue weighted by Crippen LogP contribution is -2.36. The van der Waals surface area contributed by atoms with E-state index < -0.39 is 17.8 Å². The third-order valence-corrected chi connectivity index (χ3v) is 4.99. The zero-order chi connectivity index (χ0) is 17.2. The molecular formula is C19H34O4. The van der Waals surface area contributed by atoms with Gasteiger partial charge in [0, 0.05) is 0 Å². The molecule has 0 aliphatic heterocycles. The molecule has 1 rings (SSSR count). The van der Waals surface area contributed by atoms with Crippen LogP contribution in [0.5, 0.6) is 0 Å². The number of ether oxygens (including phenoxy) is 1. The first-order valence-corrected chi connectivity index (χ1v) is 9.40. The highest BCUT2D eigenvalue weighted by Gasteiger charge is 2.37. The first-order chi connectivity index (χ1) is 11.0. The number of hydrogen-bond donors (Lipinski definition) is 1. The highest BCUT2D eigenvalue weighted by molar-refractivity contribution is 5.81. The van der Waals surface area contributed by atoms with Gasteiger partial charge in [0.2, 0.25) is 0 Å². The van der Waals surface area contributed by atoms with Crippen LogP contribution in [0.25, 0.3) is 0 Å². The van der Waals surface area contributed by atoms with Crippen molar-refractivity contribution in [3.8, 4) is 0 Å². The molecule has 4 nitrogen and oxygen atoms in total. The molecule has 0 heterocycles. The van der Waals surface area contributed by atoms with Crippen molar-refractivity contribution in [2.45, 2.75) is 91.1 Å². The second-order valence-electron chi connectivity index (χ2n) is 7.26. The average Bonchev–Trinajstić information content (AvgIpc) is 2.53. The van der Waals surface area contributed by atoms with E-state index in [1.165, 1.54) is 25.7 Å². The third-order valence-electron chi connectivity index (χ3n) is 4.99. The Kier molecular flexibility index (Phi) is 9.27. The van der Waals surface area contributed by atoms with E-state index in [9.17, 15) is 14.7 Å². The van der Waals surface area contributed by atoms with E-state index in [0.717, 1.165) is 25.7 Å². The van der Waals surface area contributed by atoms with Crippen LogP contribution < -0.4 is 0 Å². The Morgan fingerprint density at radius 1 is 1.04 bits per heavy atom. The highest BCUT2D eigenvalue weighted by Crippen LogP contribution is 2.32. The van der Waals surface area contributed by atoms with Gasteiger partial charge in [0.05, 0.1) is 11.8 Å². The van der Waals surface area contributed by atoms with Crippen LogP contribution in [-0.4, -0.2) is 23.1 Å². The van der Waals surface area contributed by atoms with Gasteiger partial charge in [-0.1, -0.05) is 59.3 Å². The largest absolute Gasteiger partial charge is 0.481 e. The number of aliphatic carboxylic acids is 1. The van der Waals surface area contributed by atoms with Crippen molar-refractivity contribution in [3.63, 3.8) is 0 Å². The maximum absolute atomic E-state index is 12.5. The Hall–Kier alpha value is -1.06. The molecule has 0 radical (unpaired) electrons. The minimum absolute atomic E-state index is 0.0829. The van der Waals surface area contributed by atoms with Gasteiger partial charge in [0.15, 0.2) is 0 Å². The number of hydrogen-bond acceptors (Lipinski definition) is 3. The van der Waals surface area contributed by atoms with Gasteiger partial charge in [0.25, 0.3) is 0 Å². The van der Waals surface area contributed by atoms with Gasteiger partial charge in [-0.05, 0) is 31.6 Å². The Morgan fingerprint density at radius 2 is 1.65 bits per heavy atom. The fraction of sp³-hybridized carbons (Fsp3) is 0.895. The zero-order valence-corrected chi connectivity index (χ0v) is 15.1. The molecule has 1 saturated carbocycles. The van der Waals surface area contributed by atoms with Gasteiger partial charge >= 0.3 is 11.9 Å². The predicted molar refractivity (Wildman–Crippen MR) is 91.2 cm³/mol. The lowest BCUT2D eigenvalue weighted by Gasteiger charge is -2.30. The summed E-state index contributed by atoms with van der Waals surface area (Å²) in [6.45, 7) is 6.33. The quantitative estimate of drug-likeness (QED) is 0.462. The van der Waals surface area contributed by atoms with Gasteiger partial charge in [0.1, 0.15) is 6.10 Å². The molecule has 0 spiro atoms. The van der Waals surface area contributed by atoms with Crippen LogP contribution in [0.4, 0.5) is 0 Å². The second kappa shape index (κ2) is 10.7. The smallest absolute Gasteiger partial charge is 0.310 e. The standard InChI is InChI=1S/C19H34O4/c1-4-5-6-7-8-13-17(14(2)3)23-19(22)16-12-10-9-11-15(16)18(20)21/h14-17H,4-13H2,1-3H3,(H,20,21). The summed E-state index contributed by atoms with van der Waals surface area (Å²) in [5.74, 6) is -1.88. The van der Waals surface area contributed by atoms with Crippen LogP contribution in [0, 0.1) is 17.8 Å². The van der Waals surface area contributed by atoms with Crippen LogP contribution in [0.1, 0.15) is 85.0 Å². The van der Waals surface area contributed by atoms with E-state index in [2.05, 4.69) is 20.8 Å². The first kappa shape index (κ1) is 20.0. The van der Waals surface area contributed by atoms with E-state index in [-0.39, 0.29) is 18.0 Å². The number of carboxylic acids is 1. The number of carbonyl (C=O) groups excluding carboxylic acids is 1. The molecule has 3 unspecified atom stereocenters.